The molecule has 1 aliphatic carbocycles. The Balaban J connectivity index is 3.01. The summed E-state index contributed by atoms with van der Waals surface area (Å²) in [6.07, 6.45) is 3.56. The Bertz CT molecular complexity index is 290. The lowest BCUT2D eigenvalue weighted by atomic mass is 9.88. The van der Waals surface area contributed by atoms with Gasteiger partial charge in [0.2, 0.25) is 0 Å². The minimum absolute atomic E-state index is 0.117. The van der Waals surface area contributed by atoms with Gasteiger partial charge in [-0.2, -0.15) is 0 Å². The molecule has 0 amide bonds. The van der Waals surface area contributed by atoms with E-state index in [2.05, 4.69) is 20.4 Å². The first-order valence-electron chi connectivity index (χ1n) is 4.16. The van der Waals surface area contributed by atoms with E-state index in [9.17, 15) is 4.79 Å². The molecule has 0 saturated carbocycles. The minimum atomic E-state index is 0.117. The highest BCUT2D eigenvalue weighted by Crippen LogP contribution is 2.24. The molecule has 0 radical (unpaired) electrons. The van der Waals surface area contributed by atoms with Crippen molar-refractivity contribution in [2.45, 2.75) is 20.8 Å². The lowest BCUT2D eigenvalue weighted by Gasteiger charge is -2.15. The van der Waals surface area contributed by atoms with Gasteiger partial charge in [0.25, 0.3) is 0 Å². The van der Waals surface area contributed by atoms with Gasteiger partial charge in [-0.15, -0.1) is 0 Å². The lowest BCUT2D eigenvalue weighted by molar-refractivity contribution is -0.111. The van der Waals surface area contributed by atoms with E-state index in [4.69, 9.17) is 0 Å². The van der Waals surface area contributed by atoms with Crippen LogP contribution in [0.2, 0.25) is 0 Å². The maximum absolute atomic E-state index is 11.3. The van der Waals surface area contributed by atoms with Crippen LogP contribution in [0.3, 0.4) is 0 Å². The summed E-state index contributed by atoms with van der Waals surface area (Å²) in [4.78, 5) is 11.3. The van der Waals surface area contributed by atoms with Crippen molar-refractivity contribution in [3.05, 3.63) is 35.5 Å². The summed E-state index contributed by atoms with van der Waals surface area (Å²) in [6, 6.07) is 0. The molecule has 0 bridgehead atoms. The number of ketones is 1. The van der Waals surface area contributed by atoms with Crippen LogP contribution in [0.1, 0.15) is 20.8 Å². The summed E-state index contributed by atoms with van der Waals surface area (Å²) < 4.78 is 0. The highest BCUT2D eigenvalue weighted by molar-refractivity contribution is 6.06. The average molecular weight is 162 g/mol. The Kier molecular flexibility index (Phi) is 2.32. The van der Waals surface area contributed by atoms with Gasteiger partial charge < -0.3 is 0 Å². The second-order valence-corrected chi connectivity index (χ2v) is 3.47. The molecule has 0 spiro atoms. The number of hydrogen-bond acceptors (Lipinski definition) is 1. The third-order valence-corrected chi connectivity index (χ3v) is 2.06. The predicted molar refractivity (Wildman–Crippen MR) is 50.8 cm³/mol. The Morgan fingerprint density at radius 3 is 2.42 bits per heavy atom. The van der Waals surface area contributed by atoms with Crippen molar-refractivity contribution in [2.75, 3.05) is 0 Å². The molecular weight excluding hydrogens is 148 g/mol. The molecule has 0 fully saturated rings. The number of hydrogen-bond donors (Lipinski definition) is 0. The molecule has 0 aromatic heterocycles. The topological polar surface area (TPSA) is 17.1 Å². The van der Waals surface area contributed by atoms with Gasteiger partial charge in [-0.3, -0.25) is 4.79 Å². The molecule has 0 N–H and O–H groups in total. The summed E-state index contributed by atoms with van der Waals surface area (Å²) >= 11 is 0. The van der Waals surface area contributed by atoms with Gasteiger partial charge >= 0.3 is 0 Å². The van der Waals surface area contributed by atoms with Gasteiger partial charge in [-0.05, 0) is 41.7 Å². The van der Waals surface area contributed by atoms with E-state index in [1.54, 1.807) is 6.08 Å². The first-order chi connectivity index (χ1) is 5.52. The van der Waals surface area contributed by atoms with Gasteiger partial charge in [0.15, 0.2) is 5.78 Å². The monoisotopic (exact) mass is 162 g/mol. The fourth-order valence-electron chi connectivity index (χ4n) is 1.30. The summed E-state index contributed by atoms with van der Waals surface area (Å²) in [5, 5.41) is 0. The standard InChI is InChI=1S/C11H14O/c1-7(2)10-6-11(12)9(4)5-8(10)3/h5-7H,3H2,1-2,4H3. The van der Waals surface area contributed by atoms with Crippen LogP contribution in [-0.4, -0.2) is 5.78 Å². The molecule has 1 rings (SSSR count). The molecule has 0 unspecified atom stereocenters. The molecule has 0 aromatic rings. The van der Waals surface area contributed by atoms with Crippen LogP contribution in [-0.2, 0) is 4.79 Å². The predicted octanol–water partition coefficient (Wildman–Crippen LogP) is 2.65. The van der Waals surface area contributed by atoms with Gasteiger partial charge in [-0.25, -0.2) is 0 Å². The van der Waals surface area contributed by atoms with Crippen molar-refractivity contribution in [1.82, 2.24) is 0 Å². The third-order valence-electron chi connectivity index (χ3n) is 2.06. The summed E-state index contributed by atoms with van der Waals surface area (Å²) in [7, 11) is 0. The largest absolute Gasteiger partial charge is 0.290 e. The number of allylic oxidation sites excluding steroid dienone is 5. The molecule has 1 heteroatoms. The first kappa shape index (κ1) is 8.98. The second kappa shape index (κ2) is 3.10. The van der Waals surface area contributed by atoms with Crippen molar-refractivity contribution < 1.29 is 4.79 Å². The van der Waals surface area contributed by atoms with E-state index in [0.29, 0.717) is 5.92 Å². The Morgan fingerprint density at radius 1 is 1.33 bits per heavy atom. The zero-order chi connectivity index (χ0) is 9.30. The normalized spacial score (nSPS) is 18.0. The van der Waals surface area contributed by atoms with Crippen LogP contribution in [0.5, 0.6) is 0 Å². The lowest BCUT2D eigenvalue weighted by Crippen LogP contribution is -2.08. The summed E-state index contributed by atoms with van der Waals surface area (Å²) in [5.74, 6) is 0.497. The van der Waals surface area contributed by atoms with E-state index in [1.807, 2.05) is 13.0 Å². The molecule has 0 heterocycles. The third kappa shape index (κ3) is 1.55. The van der Waals surface area contributed by atoms with Crippen molar-refractivity contribution in [2.24, 2.45) is 5.92 Å². The van der Waals surface area contributed by atoms with Gasteiger partial charge in [0.05, 0.1) is 0 Å². The Morgan fingerprint density at radius 2 is 1.92 bits per heavy atom. The maximum atomic E-state index is 11.3. The fraction of sp³-hybridized carbons (Fsp3) is 0.364. The Hall–Kier alpha value is -1.11. The van der Waals surface area contributed by atoms with Crippen LogP contribution in [0.4, 0.5) is 0 Å². The quantitative estimate of drug-likeness (QED) is 0.579. The van der Waals surface area contributed by atoms with Crippen LogP contribution in [0, 0.1) is 5.92 Å². The van der Waals surface area contributed by atoms with Crippen molar-refractivity contribution in [3.63, 3.8) is 0 Å². The minimum Gasteiger partial charge on any atom is -0.290 e. The summed E-state index contributed by atoms with van der Waals surface area (Å²) in [5.41, 5.74) is 2.82. The van der Waals surface area contributed by atoms with Crippen molar-refractivity contribution in [1.29, 1.82) is 0 Å². The number of carbonyl (C=O) groups excluding carboxylic acids is 1. The molecule has 0 saturated heterocycles. The van der Waals surface area contributed by atoms with Crippen molar-refractivity contribution >= 4 is 5.78 Å². The molecule has 0 aliphatic heterocycles. The van der Waals surface area contributed by atoms with E-state index in [1.165, 1.54) is 0 Å². The highest BCUT2D eigenvalue weighted by atomic mass is 16.1. The van der Waals surface area contributed by atoms with Crippen molar-refractivity contribution in [3.8, 4) is 0 Å². The van der Waals surface area contributed by atoms with Crippen LogP contribution in [0.25, 0.3) is 0 Å². The molecule has 64 valence electrons. The van der Waals surface area contributed by atoms with Gasteiger partial charge in [0.1, 0.15) is 0 Å². The smallest absolute Gasteiger partial charge is 0.181 e. The molecular formula is C11H14O. The highest BCUT2D eigenvalue weighted by Gasteiger charge is 2.14. The maximum Gasteiger partial charge on any atom is 0.181 e. The van der Waals surface area contributed by atoms with Crippen LogP contribution >= 0.6 is 0 Å². The fourth-order valence-corrected chi connectivity index (χ4v) is 1.30. The molecule has 0 atom stereocenters. The molecule has 12 heavy (non-hydrogen) atoms. The number of rotatable bonds is 1. The van der Waals surface area contributed by atoms with E-state index < -0.39 is 0 Å². The SMILES string of the molecule is C=C1C=C(C)C(=O)C=C1C(C)C. The van der Waals surface area contributed by atoms with Gasteiger partial charge in [-0.1, -0.05) is 20.4 Å². The molecule has 1 nitrogen and oxygen atoms in total. The van der Waals surface area contributed by atoms with Gasteiger partial charge in [0, 0.05) is 0 Å². The average Bonchev–Trinajstić information content (AvgIpc) is 1.96. The van der Waals surface area contributed by atoms with E-state index >= 15 is 0 Å². The van der Waals surface area contributed by atoms with Crippen LogP contribution in [0.15, 0.2) is 35.5 Å². The summed E-state index contributed by atoms with van der Waals surface area (Å²) in [6.45, 7) is 9.86. The number of carbonyl (C=O) groups is 1. The zero-order valence-corrected chi connectivity index (χ0v) is 7.85. The second-order valence-electron chi connectivity index (χ2n) is 3.47. The van der Waals surface area contributed by atoms with E-state index in [0.717, 1.165) is 16.7 Å². The van der Waals surface area contributed by atoms with E-state index in [-0.39, 0.29) is 5.78 Å². The Labute approximate surface area is 73.5 Å². The molecule has 1 aliphatic rings. The van der Waals surface area contributed by atoms with Crippen LogP contribution < -0.4 is 0 Å². The zero-order valence-electron chi connectivity index (χ0n) is 7.85. The molecule has 0 aromatic carbocycles. The first-order valence-corrected chi connectivity index (χ1v) is 4.16.